The van der Waals surface area contributed by atoms with Gasteiger partial charge in [-0.2, -0.15) is 0 Å². The van der Waals surface area contributed by atoms with Gasteiger partial charge in [0.05, 0.1) is 17.6 Å². The number of amides is 2. The number of hydrogen-bond acceptors (Lipinski definition) is 6. The van der Waals surface area contributed by atoms with Crippen LogP contribution in [0.4, 0.5) is 16.2 Å². The summed E-state index contributed by atoms with van der Waals surface area (Å²) in [6.45, 7) is 13.7. The van der Waals surface area contributed by atoms with Crippen LogP contribution in [0.5, 0.6) is 0 Å². The van der Waals surface area contributed by atoms with Crippen molar-refractivity contribution in [1.29, 1.82) is 0 Å². The smallest absolute Gasteiger partial charge is 0.411 e. The fourth-order valence-electron chi connectivity index (χ4n) is 3.01. The molecule has 1 aromatic heterocycles. The highest BCUT2D eigenvalue weighted by atomic mass is 16.6. The van der Waals surface area contributed by atoms with E-state index in [0.717, 1.165) is 5.69 Å². The Hall–Kier alpha value is -2.51. The average molecular weight is 392 g/mol. The summed E-state index contributed by atoms with van der Waals surface area (Å²) in [5.41, 5.74) is 6.43. The van der Waals surface area contributed by atoms with Gasteiger partial charge in [0.1, 0.15) is 12.1 Å². The molecule has 1 saturated heterocycles. The number of rotatable bonds is 3. The van der Waals surface area contributed by atoms with E-state index in [2.05, 4.69) is 9.88 Å². The summed E-state index contributed by atoms with van der Waals surface area (Å²) in [6, 6.07) is 1.89. The van der Waals surface area contributed by atoms with E-state index < -0.39 is 17.2 Å². The molecular formula is C20H33N5O3. The van der Waals surface area contributed by atoms with Gasteiger partial charge in [-0.1, -0.05) is 0 Å². The Bertz CT molecular complexity index is 701. The van der Waals surface area contributed by atoms with E-state index in [-0.39, 0.29) is 12.5 Å². The van der Waals surface area contributed by atoms with Crippen molar-refractivity contribution in [2.24, 2.45) is 0 Å². The minimum absolute atomic E-state index is 0.00416. The first-order valence-corrected chi connectivity index (χ1v) is 9.61. The molecule has 2 rings (SSSR count). The predicted octanol–water partition coefficient (Wildman–Crippen LogP) is 2.35. The number of nitrogens with zero attached hydrogens (tertiary/aromatic N) is 4. The van der Waals surface area contributed by atoms with Crippen LogP contribution in [0.25, 0.3) is 0 Å². The molecule has 1 aliphatic heterocycles. The lowest BCUT2D eigenvalue weighted by Crippen LogP contribution is -2.55. The fraction of sp³-hybridized carbons (Fsp3) is 0.650. The summed E-state index contributed by atoms with van der Waals surface area (Å²) in [5, 5.41) is 0. The van der Waals surface area contributed by atoms with Gasteiger partial charge in [-0.25, -0.2) is 4.79 Å². The Morgan fingerprint density at radius 3 is 2.25 bits per heavy atom. The maximum atomic E-state index is 12.9. The summed E-state index contributed by atoms with van der Waals surface area (Å²) in [6.07, 6.45) is 2.87. The lowest BCUT2D eigenvalue weighted by molar-refractivity contribution is -0.134. The third-order valence-corrected chi connectivity index (χ3v) is 4.52. The molecule has 1 aromatic rings. The highest BCUT2D eigenvalue weighted by Crippen LogP contribution is 2.23. The van der Waals surface area contributed by atoms with Gasteiger partial charge in [0, 0.05) is 37.9 Å². The first kappa shape index (κ1) is 21.8. The molecular weight excluding hydrogens is 358 g/mol. The van der Waals surface area contributed by atoms with Crippen molar-refractivity contribution in [2.75, 3.05) is 43.4 Å². The van der Waals surface area contributed by atoms with Gasteiger partial charge >= 0.3 is 6.09 Å². The van der Waals surface area contributed by atoms with Crippen molar-refractivity contribution >= 4 is 23.4 Å². The Kier molecular flexibility index (Phi) is 6.41. The molecule has 0 radical (unpaired) electrons. The molecule has 0 saturated carbocycles. The van der Waals surface area contributed by atoms with E-state index in [9.17, 15) is 9.59 Å². The summed E-state index contributed by atoms with van der Waals surface area (Å²) in [4.78, 5) is 34.9. The molecule has 2 N–H and O–H groups in total. The highest BCUT2D eigenvalue weighted by Gasteiger charge is 2.34. The van der Waals surface area contributed by atoms with Crippen molar-refractivity contribution < 1.29 is 14.3 Å². The number of anilines is 2. The molecule has 2 heterocycles. The Balaban J connectivity index is 1.99. The zero-order valence-corrected chi connectivity index (χ0v) is 17.9. The van der Waals surface area contributed by atoms with Crippen LogP contribution in [0.3, 0.4) is 0 Å². The molecule has 8 heteroatoms. The quantitative estimate of drug-likeness (QED) is 0.850. The van der Waals surface area contributed by atoms with Crippen LogP contribution in [0.1, 0.15) is 41.5 Å². The zero-order chi connectivity index (χ0) is 21.1. The highest BCUT2D eigenvalue weighted by molar-refractivity contribution is 5.83. The first-order valence-electron chi connectivity index (χ1n) is 9.61. The number of aromatic nitrogens is 1. The largest absolute Gasteiger partial charge is 0.444 e. The summed E-state index contributed by atoms with van der Waals surface area (Å²) >= 11 is 0. The van der Waals surface area contributed by atoms with Crippen LogP contribution in [0.2, 0.25) is 0 Å². The maximum Gasteiger partial charge on any atom is 0.411 e. The van der Waals surface area contributed by atoms with Crippen LogP contribution < -0.4 is 10.6 Å². The minimum Gasteiger partial charge on any atom is -0.444 e. The number of carbonyl (C=O) groups excluding carboxylic acids is 2. The third-order valence-electron chi connectivity index (χ3n) is 4.52. The average Bonchev–Trinajstić information content (AvgIpc) is 2.57. The number of piperazine rings is 1. The first-order chi connectivity index (χ1) is 12.9. The lowest BCUT2D eigenvalue weighted by atomic mass is 10.1. The molecule has 0 unspecified atom stereocenters. The Labute approximate surface area is 167 Å². The SMILES string of the molecule is CC(C)(C)OC(=O)N(CC(=O)N1CCN(c2ccncc2N)CC1)C(C)(C)C. The second-order valence-corrected chi connectivity index (χ2v) is 9.04. The van der Waals surface area contributed by atoms with E-state index in [1.54, 1.807) is 17.3 Å². The number of pyridine rings is 1. The van der Waals surface area contributed by atoms with Crippen molar-refractivity contribution in [2.45, 2.75) is 52.7 Å². The van der Waals surface area contributed by atoms with Gasteiger partial charge < -0.3 is 20.3 Å². The van der Waals surface area contributed by atoms with Crippen molar-refractivity contribution in [3.63, 3.8) is 0 Å². The van der Waals surface area contributed by atoms with Crippen molar-refractivity contribution in [3.8, 4) is 0 Å². The van der Waals surface area contributed by atoms with Gasteiger partial charge in [0.15, 0.2) is 0 Å². The number of ether oxygens (including phenoxy) is 1. The molecule has 0 bridgehead atoms. The normalized spacial score (nSPS) is 15.4. The predicted molar refractivity (Wildman–Crippen MR) is 110 cm³/mol. The number of nitrogens with two attached hydrogens (primary N) is 1. The van der Waals surface area contributed by atoms with Crippen LogP contribution in [-0.4, -0.2) is 70.6 Å². The Morgan fingerprint density at radius 1 is 1.14 bits per heavy atom. The maximum absolute atomic E-state index is 12.9. The molecule has 0 aromatic carbocycles. The number of hydrogen-bond donors (Lipinski definition) is 1. The molecule has 156 valence electrons. The van der Waals surface area contributed by atoms with Crippen molar-refractivity contribution in [1.82, 2.24) is 14.8 Å². The molecule has 28 heavy (non-hydrogen) atoms. The fourth-order valence-corrected chi connectivity index (χ4v) is 3.01. The van der Waals surface area contributed by atoms with Crippen LogP contribution in [0, 0.1) is 0 Å². The van der Waals surface area contributed by atoms with Gasteiger partial charge in [0.25, 0.3) is 0 Å². The van der Waals surface area contributed by atoms with Crippen LogP contribution in [0.15, 0.2) is 18.5 Å². The van der Waals surface area contributed by atoms with E-state index in [4.69, 9.17) is 10.5 Å². The zero-order valence-electron chi connectivity index (χ0n) is 17.9. The molecule has 0 spiro atoms. The van der Waals surface area contributed by atoms with Gasteiger partial charge in [0.2, 0.25) is 5.91 Å². The van der Waals surface area contributed by atoms with E-state index in [0.29, 0.717) is 31.9 Å². The third kappa shape index (κ3) is 5.74. The summed E-state index contributed by atoms with van der Waals surface area (Å²) < 4.78 is 5.49. The number of carbonyl (C=O) groups is 2. The van der Waals surface area contributed by atoms with E-state index in [1.165, 1.54) is 4.90 Å². The van der Waals surface area contributed by atoms with E-state index in [1.807, 2.05) is 47.6 Å². The molecule has 8 nitrogen and oxygen atoms in total. The van der Waals surface area contributed by atoms with Gasteiger partial charge in [-0.3, -0.25) is 14.7 Å². The second kappa shape index (κ2) is 8.24. The monoisotopic (exact) mass is 391 g/mol. The molecule has 1 fully saturated rings. The topological polar surface area (TPSA) is 92.0 Å². The summed E-state index contributed by atoms with van der Waals surface area (Å²) in [5.74, 6) is -0.0804. The molecule has 0 atom stereocenters. The lowest BCUT2D eigenvalue weighted by Gasteiger charge is -2.40. The van der Waals surface area contributed by atoms with Crippen molar-refractivity contribution in [3.05, 3.63) is 18.5 Å². The minimum atomic E-state index is -0.611. The second-order valence-electron chi connectivity index (χ2n) is 9.04. The molecule has 1 aliphatic rings. The van der Waals surface area contributed by atoms with Gasteiger partial charge in [-0.05, 0) is 47.6 Å². The Morgan fingerprint density at radius 2 is 1.75 bits per heavy atom. The van der Waals surface area contributed by atoms with Crippen LogP contribution in [-0.2, 0) is 9.53 Å². The standard InChI is InChI=1S/C20H33N5O3/c1-19(2,3)25(18(27)28-20(4,5)6)14-17(26)24-11-9-23(10-12-24)16-7-8-22-13-15(16)21/h7-8,13H,9-12,14,21H2,1-6H3. The molecule has 0 aliphatic carbocycles. The summed E-state index contributed by atoms with van der Waals surface area (Å²) in [7, 11) is 0. The molecule has 2 amide bonds. The van der Waals surface area contributed by atoms with E-state index >= 15 is 0 Å². The number of nitrogen functional groups attached to an aromatic ring is 1. The van der Waals surface area contributed by atoms with Gasteiger partial charge in [-0.15, -0.1) is 0 Å². The van der Waals surface area contributed by atoms with Crippen LogP contribution >= 0.6 is 0 Å².